The van der Waals surface area contributed by atoms with Crippen molar-refractivity contribution in [1.29, 1.82) is 0 Å². The summed E-state index contributed by atoms with van der Waals surface area (Å²) >= 11 is 0. The third-order valence-corrected chi connectivity index (χ3v) is 4.28. The maximum Gasteiger partial charge on any atom is 0.309 e. The summed E-state index contributed by atoms with van der Waals surface area (Å²) in [5.41, 5.74) is 3.29. The first-order chi connectivity index (χ1) is 10.7. The molecule has 0 N–H and O–H groups in total. The van der Waals surface area contributed by atoms with Crippen LogP contribution in [0.15, 0.2) is 30.3 Å². The maximum atomic E-state index is 11.9. The molecular formula is C18H22N2O2. The van der Waals surface area contributed by atoms with Crippen LogP contribution in [-0.2, 0) is 9.53 Å². The Labute approximate surface area is 131 Å². The van der Waals surface area contributed by atoms with Gasteiger partial charge in [0, 0.05) is 29.9 Å². The van der Waals surface area contributed by atoms with Gasteiger partial charge in [-0.3, -0.25) is 9.78 Å². The Morgan fingerprint density at radius 2 is 2.05 bits per heavy atom. The minimum atomic E-state index is -0.0436. The lowest BCUT2D eigenvalue weighted by Gasteiger charge is -2.33. The summed E-state index contributed by atoms with van der Waals surface area (Å²) in [6, 6.07) is 10.4. The van der Waals surface area contributed by atoms with Gasteiger partial charge in [0.05, 0.1) is 18.0 Å². The minimum absolute atomic E-state index is 0.0436. The highest BCUT2D eigenvalue weighted by Gasteiger charge is 2.26. The third kappa shape index (κ3) is 2.91. The van der Waals surface area contributed by atoms with Crippen molar-refractivity contribution in [3.05, 3.63) is 36.0 Å². The Morgan fingerprint density at radius 1 is 1.32 bits per heavy atom. The molecule has 0 atom stereocenters. The summed E-state index contributed by atoms with van der Waals surface area (Å²) in [6.07, 6.45) is 1.71. The van der Waals surface area contributed by atoms with Gasteiger partial charge >= 0.3 is 5.97 Å². The van der Waals surface area contributed by atoms with Crippen LogP contribution in [0.25, 0.3) is 10.9 Å². The van der Waals surface area contributed by atoms with Crippen LogP contribution in [0.2, 0.25) is 0 Å². The van der Waals surface area contributed by atoms with E-state index >= 15 is 0 Å². The Kier molecular flexibility index (Phi) is 4.27. The van der Waals surface area contributed by atoms with E-state index in [1.54, 1.807) is 0 Å². The average molecular weight is 298 g/mol. The van der Waals surface area contributed by atoms with Crippen LogP contribution < -0.4 is 4.90 Å². The van der Waals surface area contributed by atoms with Gasteiger partial charge in [-0.05, 0) is 38.8 Å². The second-order valence-corrected chi connectivity index (χ2v) is 5.81. The van der Waals surface area contributed by atoms with Gasteiger partial charge in [0.1, 0.15) is 0 Å². The van der Waals surface area contributed by atoms with E-state index < -0.39 is 0 Å². The average Bonchev–Trinajstić information content (AvgIpc) is 2.54. The molecule has 0 spiro atoms. The summed E-state index contributed by atoms with van der Waals surface area (Å²) in [6.45, 7) is 6.13. The molecule has 0 bridgehead atoms. The van der Waals surface area contributed by atoms with Crippen molar-refractivity contribution in [3.63, 3.8) is 0 Å². The van der Waals surface area contributed by atoms with E-state index in [0.29, 0.717) is 6.61 Å². The van der Waals surface area contributed by atoms with Crippen LogP contribution in [0, 0.1) is 12.8 Å². The molecule has 1 aromatic carbocycles. The number of fused-ring (bicyclic) bond motifs is 1. The molecule has 2 heterocycles. The molecule has 1 aliphatic rings. The number of ether oxygens (including phenoxy) is 1. The monoisotopic (exact) mass is 298 g/mol. The number of para-hydroxylation sites is 1. The predicted molar refractivity (Wildman–Crippen MR) is 88.1 cm³/mol. The van der Waals surface area contributed by atoms with Crippen molar-refractivity contribution in [2.45, 2.75) is 26.7 Å². The number of aromatic nitrogens is 1. The molecule has 4 heteroatoms. The van der Waals surface area contributed by atoms with E-state index in [1.807, 2.05) is 26.0 Å². The zero-order valence-corrected chi connectivity index (χ0v) is 13.2. The van der Waals surface area contributed by atoms with Crippen molar-refractivity contribution in [2.24, 2.45) is 5.92 Å². The van der Waals surface area contributed by atoms with Crippen molar-refractivity contribution in [2.75, 3.05) is 24.6 Å². The van der Waals surface area contributed by atoms with Crippen LogP contribution in [0.1, 0.15) is 25.5 Å². The van der Waals surface area contributed by atoms with Crippen LogP contribution >= 0.6 is 0 Å². The maximum absolute atomic E-state index is 11.9. The molecule has 0 saturated carbocycles. The van der Waals surface area contributed by atoms with Crippen LogP contribution in [0.5, 0.6) is 0 Å². The van der Waals surface area contributed by atoms with Crippen molar-refractivity contribution < 1.29 is 9.53 Å². The zero-order chi connectivity index (χ0) is 15.5. The Morgan fingerprint density at radius 3 is 2.77 bits per heavy atom. The number of aryl methyl sites for hydroxylation is 1. The zero-order valence-electron chi connectivity index (χ0n) is 13.2. The van der Waals surface area contributed by atoms with Gasteiger partial charge in [0.2, 0.25) is 0 Å². The number of benzene rings is 1. The largest absolute Gasteiger partial charge is 0.466 e. The van der Waals surface area contributed by atoms with Gasteiger partial charge in [0.25, 0.3) is 0 Å². The van der Waals surface area contributed by atoms with Crippen LogP contribution in [-0.4, -0.2) is 30.6 Å². The fourth-order valence-electron chi connectivity index (χ4n) is 3.16. The summed E-state index contributed by atoms with van der Waals surface area (Å²) in [5, 5.41) is 1.18. The summed E-state index contributed by atoms with van der Waals surface area (Å²) < 4.78 is 5.14. The molecule has 0 unspecified atom stereocenters. The Balaban J connectivity index is 1.81. The highest BCUT2D eigenvalue weighted by atomic mass is 16.5. The molecular weight excluding hydrogens is 276 g/mol. The molecule has 1 aliphatic heterocycles. The summed E-state index contributed by atoms with van der Waals surface area (Å²) in [4.78, 5) is 18.8. The number of pyridine rings is 1. The van der Waals surface area contributed by atoms with E-state index in [-0.39, 0.29) is 11.9 Å². The highest BCUT2D eigenvalue weighted by molar-refractivity contribution is 5.92. The molecule has 0 amide bonds. The normalized spacial score (nSPS) is 16.0. The van der Waals surface area contributed by atoms with Crippen LogP contribution in [0.4, 0.5) is 5.69 Å². The van der Waals surface area contributed by atoms with Gasteiger partial charge < -0.3 is 9.64 Å². The number of piperidine rings is 1. The van der Waals surface area contributed by atoms with Crippen molar-refractivity contribution >= 4 is 22.6 Å². The lowest BCUT2D eigenvalue weighted by molar-refractivity contribution is -0.148. The molecule has 22 heavy (non-hydrogen) atoms. The first-order valence-corrected chi connectivity index (χ1v) is 7.97. The summed E-state index contributed by atoms with van der Waals surface area (Å²) in [7, 11) is 0. The molecule has 1 saturated heterocycles. The first-order valence-electron chi connectivity index (χ1n) is 7.97. The fourth-order valence-corrected chi connectivity index (χ4v) is 3.16. The second kappa shape index (κ2) is 6.34. The van der Waals surface area contributed by atoms with E-state index in [1.165, 1.54) is 11.1 Å². The molecule has 0 radical (unpaired) electrons. The number of carbonyl (C=O) groups excluding carboxylic acids is 1. The third-order valence-electron chi connectivity index (χ3n) is 4.28. The predicted octanol–water partition coefficient (Wildman–Crippen LogP) is 3.32. The van der Waals surface area contributed by atoms with Gasteiger partial charge in [0.15, 0.2) is 0 Å². The van der Waals surface area contributed by atoms with E-state index in [9.17, 15) is 4.79 Å². The fraction of sp³-hybridized carbons (Fsp3) is 0.444. The molecule has 3 rings (SSSR count). The van der Waals surface area contributed by atoms with E-state index in [4.69, 9.17) is 4.74 Å². The molecule has 1 fully saturated rings. The number of esters is 1. The lowest BCUT2D eigenvalue weighted by atomic mass is 9.96. The Hall–Kier alpha value is -2.10. The number of rotatable bonds is 3. The first kappa shape index (κ1) is 14.8. The van der Waals surface area contributed by atoms with Gasteiger partial charge in [-0.15, -0.1) is 0 Å². The number of hydrogen-bond donors (Lipinski definition) is 0. The minimum Gasteiger partial charge on any atom is -0.466 e. The van der Waals surface area contributed by atoms with Gasteiger partial charge in [-0.2, -0.15) is 0 Å². The van der Waals surface area contributed by atoms with Gasteiger partial charge in [-0.25, -0.2) is 0 Å². The molecule has 4 nitrogen and oxygen atoms in total. The topological polar surface area (TPSA) is 42.4 Å². The SMILES string of the molecule is CCOC(=O)C1CCN(c2cc(C)nc3ccccc23)CC1. The quantitative estimate of drug-likeness (QED) is 0.815. The molecule has 116 valence electrons. The Bertz CT molecular complexity index is 676. The summed E-state index contributed by atoms with van der Waals surface area (Å²) in [5.74, 6) is 0.00307. The lowest BCUT2D eigenvalue weighted by Crippen LogP contribution is -2.37. The number of carbonyl (C=O) groups is 1. The molecule has 1 aromatic heterocycles. The van der Waals surface area contributed by atoms with Crippen molar-refractivity contribution in [3.8, 4) is 0 Å². The smallest absolute Gasteiger partial charge is 0.309 e. The molecule has 2 aromatic rings. The highest BCUT2D eigenvalue weighted by Crippen LogP contribution is 2.30. The second-order valence-electron chi connectivity index (χ2n) is 5.81. The van der Waals surface area contributed by atoms with Crippen LogP contribution in [0.3, 0.4) is 0 Å². The standard InChI is InChI=1S/C18H22N2O2/c1-3-22-18(21)14-8-10-20(11-9-14)17-12-13(2)19-16-7-5-4-6-15(16)17/h4-7,12,14H,3,8-11H2,1-2H3. The molecule has 0 aliphatic carbocycles. The number of anilines is 1. The number of hydrogen-bond acceptors (Lipinski definition) is 4. The van der Waals surface area contributed by atoms with Gasteiger partial charge in [-0.1, -0.05) is 18.2 Å². The van der Waals surface area contributed by atoms with E-state index in [0.717, 1.165) is 37.1 Å². The number of nitrogens with zero attached hydrogens (tertiary/aromatic N) is 2. The van der Waals surface area contributed by atoms with Crippen molar-refractivity contribution in [1.82, 2.24) is 4.98 Å². The van der Waals surface area contributed by atoms with E-state index in [2.05, 4.69) is 28.1 Å².